The number of hydrogen-bond donors (Lipinski definition) is 0. The number of carbonyl (C=O) groups excluding carboxylic acids is 1. The van der Waals surface area contributed by atoms with Crippen LogP contribution in [-0.2, 0) is 23.0 Å². The summed E-state index contributed by atoms with van der Waals surface area (Å²) in [7, 11) is 1.87. The van der Waals surface area contributed by atoms with Crippen LogP contribution in [0.15, 0.2) is 4.47 Å². The molecule has 4 nitrogen and oxygen atoms in total. The Hall–Kier alpha value is -0.680. The van der Waals surface area contributed by atoms with E-state index in [-0.39, 0.29) is 17.8 Å². The zero-order valence-corrected chi connectivity index (χ0v) is 12.0. The van der Waals surface area contributed by atoms with Crippen LogP contribution in [0.25, 0.3) is 0 Å². The second kappa shape index (κ2) is 4.90. The number of carbonyl (C=O) groups is 1. The highest BCUT2D eigenvalue weighted by Crippen LogP contribution is 2.25. The van der Waals surface area contributed by atoms with Crippen LogP contribution < -0.4 is 0 Å². The first kappa shape index (κ1) is 12.8. The Labute approximate surface area is 109 Å². The van der Waals surface area contributed by atoms with Crippen molar-refractivity contribution in [3.63, 3.8) is 0 Å². The van der Waals surface area contributed by atoms with Crippen molar-refractivity contribution in [1.29, 1.82) is 0 Å². The molecule has 1 aliphatic rings. The molecule has 1 fully saturated rings. The van der Waals surface area contributed by atoms with Crippen LogP contribution >= 0.6 is 15.9 Å². The molecule has 17 heavy (non-hydrogen) atoms. The summed E-state index contributed by atoms with van der Waals surface area (Å²) in [5.74, 6) is 0.296. The molecule has 0 aromatic carbocycles. The maximum absolute atomic E-state index is 12.1. The van der Waals surface area contributed by atoms with E-state index in [0.29, 0.717) is 13.0 Å². The zero-order valence-electron chi connectivity index (χ0n) is 10.4. The van der Waals surface area contributed by atoms with Gasteiger partial charge in [0.2, 0.25) is 0 Å². The molecular weight excluding hydrogens is 284 g/mol. The van der Waals surface area contributed by atoms with Gasteiger partial charge < -0.3 is 4.74 Å². The molecule has 2 heterocycles. The number of rotatable bonds is 3. The molecule has 0 saturated carbocycles. The molecule has 0 N–H and O–H groups in total. The van der Waals surface area contributed by atoms with Gasteiger partial charge in [0.1, 0.15) is 5.78 Å². The average molecular weight is 301 g/mol. The minimum atomic E-state index is 0.0482. The summed E-state index contributed by atoms with van der Waals surface area (Å²) in [5.41, 5.74) is 1.87. The Bertz CT molecular complexity index is 442. The number of aromatic nitrogens is 2. The van der Waals surface area contributed by atoms with E-state index in [4.69, 9.17) is 4.74 Å². The van der Waals surface area contributed by atoms with Crippen molar-refractivity contribution >= 4 is 21.7 Å². The van der Waals surface area contributed by atoms with Gasteiger partial charge in [-0.05, 0) is 36.2 Å². The van der Waals surface area contributed by atoms with E-state index in [0.717, 1.165) is 22.3 Å². The summed E-state index contributed by atoms with van der Waals surface area (Å²) in [4.78, 5) is 12.1. The van der Waals surface area contributed by atoms with Crippen LogP contribution in [0.5, 0.6) is 0 Å². The van der Waals surface area contributed by atoms with Crippen molar-refractivity contribution < 1.29 is 9.53 Å². The second-order valence-corrected chi connectivity index (χ2v) is 5.48. The minimum absolute atomic E-state index is 0.0482. The molecule has 94 valence electrons. The summed E-state index contributed by atoms with van der Waals surface area (Å²) in [5, 5.41) is 4.29. The predicted molar refractivity (Wildman–Crippen MR) is 67.9 cm³/mol. The van der Waals surface area contributed by atoms with Gasteiger partial charge >= 0.3 is 0 Å². The highest BCUT2D eigenvalue weighted by molar-refractivity contribution is 9.10. The smallest absolute Gasteiger partial charge is 0.144 e. The largest absolute Gasteiger partial charge is 0.378 e. The molecule has 5 heteroatoms. The Kier molecular flexibility index (Phi) is 3.68. The molecule has 0 amide bonds. The van der Waals surface area contributed by atoms with Gasteiger partial charge in [-0.25, -0.2) is 0 Å². The summed E-state index contributed by atoms with van der Waals surface area (Å²) < 4.78 is 8.15. The van der Waals surface area contributed by atoms with Gasteiger partial charge in [0, 0.05) is 19.4 Å². The van der Waals surface area contributed by atoms with E-state index in [2.05, 4.69) is 21.0 Å². The lowest BCUT2D eigenvalue weighted by atomic mass is 9.97. The van der Waals surface area contributed by atoms with E-state index in [9.17, 15) is 4.79 Å². The first-order valence-corrected chi connectivity index (χ1v) is 6.60. The fourth-order valence-corrected chi connectivity index (χ4v) is 2.70. The van der Waals surface area contributed by atoms with Gasteiger partial charge in [0.15, 0.2) is 0 Å². The zero-order chi connectivity index (χ0) is 12.6. The summed E-state index contributed by atoms with van der Waals surface area (Å²) in [6.07, 6.45) is 1.48. The van der Waals surface area contributed by atoms with Crippen molar-refractivity contribution in [3.8, 4) is 0 Å². The van der Waals surface area contributed by atoms with Crippen molar-refractivity contribution in [1.82, 2.24) is 9.78 Å². The predicted octanol–water partition coefficient (Wildman–Crippen LogP) is 2.03. The Morgan fingerprint density at radius 3 is 2.82 bits per heavy atom. The van der Waals surface area contributed by atoms with Gasteiger partial charge in [-0.15, -0.1) is 0 Å². The van der Waals surface area contributed by atoms with Crippen molar-refractivity contribution in [2.45, 2.75) is 32.8 Å². The Morgan fingerprint density at radius 2 is 2.35 bits per heavy atom. The van der Waals surface area contributed by atoms with E-state index in [1.54, 1.807) is 4.68 Å². The van der Waals surface area contributed by atoms with E-state index in [1.165, 1.54) is 0 Å². The third-order valence-corrected chi connectivity index (χ3v) is 4.29. The number of nitrogens with zero attached hydrogens (tertiary/aromatic N) is 2. The molecule has 0 aliphatic carbocycles. The number of ketones is 1. The van der Waals surface area contributed by atoms with Gasteiger partial charge in [0.25, 0.3) is 0 Å². The molecule has 2 atom stereocenters. The van der Waals surface area contributed by atoms with Crippen LogP contribution in [0.3, 0.4) is 0 Å². The fourth-order valence-electron chi connectivity index (χ4n) is 2.22. The van der Waals surface area contributed by atoms with Crippen LogP contribution in [0.1, 0.15) is 24.7 Å². The summed E-state index contributed by atoms with van der Waals surface area (Å²) >= 11 is 3.48. The lowest BCUT2D eigenvalue weighted by Gasteiger charge is -2.07. The number of aryl methyl sites for hydroxylation is 2. The third-order valence-electron chi connectivity index (χ3n) is 3.26. The van der Waals surface area contributed by atoms with E-state index < -0.39 is 0 Å². The molecule has 2 rings (SSSR count). The molecule has 1 aromatic heterocycles. The van der Waals surface area contributed by atoms with Gasteiger partial charge in [-0.2, -0.15) is 5.10 Å². The summed E-state index contributed by atoms with van der Waals surface area (Å²) in [6.45, 7) is 4.50. The molecule has 0 radical (unpaired) electrons. The molecule has 0 bridgehead atoms. The van der Waals surface area contributed by atoms with Crippen LogP contribution in [-0.4, -0.2) is 28.3 Å². The SMILES string of the molecule is Cc1nn(C)c(CC(=O)C2COC(C)C2)c1Br. The molecule has 1 aliphatic heterocycles. The molecule has 1 aromatic rings. The maximum atomic E-state index is 12.1. The van der Waals surface area contributed by atoms with Gasteiger partial charge in [-0.1, -0.05) is 0 Å². The first-order chi connectivity index (χ1) is 7.99. The first-order valence-electron chi connectivity index (χ1n) is 5.81. The lowest BCUT2D eigenvalue weighted by Crippen LogP contribution is -2.18. The quantitative estimate of drug-likeness (QED) is 0.858. The monoisotopic (exact) mass is 300 g/mol. The second-order valence-electron chi connectivity index (χ2n) is 4.69. The van der Waals surface area contributed by atoms with Gasteiger partial charge in [0.05, 0.1) is 28.6 Å². The van der Waals surface area contributed by atoms with E-state index in [1.807, 2.05) is 20.9 Å². The standard InChI is InChI=1S/C12H17BrN2O2/c1-7-4-9(6-17-7)11(16)5-10-12(13)8(2)14-15(10)3/h7,9H,4-6H2,1-3H3. The van der Waals surface area contributed by atoms with Crippen LogP contribution in [0, 0.1) is 12.8 Å². The number of hydrogen-bond acceptors (Lipinski definition) is 3. The fraction of sp³-hybridized carbons (Fsp3) is 0.667. The Balaban J connectivity index is 2.08. The molecule has 0 spiro atoms. The van der Waals surface area contributed by atoms with Crippen LogP contribution in [0.2, 0.25) is 0 Å². The van der Waals surface area contributed by atoms with Crippen molar-refractivity contribution in [2.75, 3.05) is 6.61 Å². The third kappa shape index (κ3) is 2.60. The topological polar surface area (TPSA) is 44.1 Å². The maximum Gasteiger partial charge on any atom is 0.144 e. The number of Topliss-reactive ketones (excluding diaryl/α,β-unsaturated/α-hetero) is 1. The highest BCUT2D eigenvalue weighted by atomic mass is 79.9. The van der Waals surface area contributed by atoms with Gasteiger partial charge in [-0.3, -0.25) is 9.48 Å². The Morgan fingerprint density at radius 1 is 1.65 bits per heavy atom. The van der Waals surface area contributed by atoms with Crippen molar-refractivity contribution in [2.24, 2.45) is 13.0 Å². The van der Waals surface area contributed by atoms with E-state index >= 15 is 0 Å². The molecule has 1 saturated heterocycles. The normalized spacial score (nSPS) is 24.2. The lowest BCUT2D eigenvalue weighted by molar-refractivity contribution is -0.122. The molecule has 2 unspecified atom stereocenters. The summed E-state index contributed by atoms with van der Waals surface area (Å²) in [6, 6.07) is 0. The highest BCUT2D eigenvalue weighted by Gasteiger charge is 2.29. The number of ether oxygens (including phenoxy) is 1. The van der Waals surface area contributed by atoms with Crippen molar-refractivity contribution in [3.05, 3.63) is 15.9 Å². The average Bonchev–Trinajstić information content (AvgIpc) is 2.79. The minimum Gasteiger partial charge on any atom is -0.378 e. The number of halogens is 1. The van der Waals surface area contributed by atoms with Crippen LogP contribution in [0.4, 0.5) is 0 Å². The molecular formula is C12H17BrN2O2.